The predicted octanol–water partition coefficient (Wildman–Crippen LogP) is 6.42. The van der Waals surface area contributed by atoms with E-state index in [2.05, 4.69) is 20.0 Å². The summed E-state index contributed by atoms with van der Waals surface area (Å²) in [5, 5.41) is 8.14. The molecule has 10 heteroatoms. The van der Waals surface area contributed by atoms with Gasteiger partial charge in [0.05, 0.1) is 16.8 Å². The van der Waals surface area contributed by atoms with Crippen molar-refractivity contribution in [3.8, 4) is 11.3 Å². The van der Waals surface area contributed by atoms with E-state index in [0.29, 0.717) is 23.4 Å². The second kappa shape index (κ2) is 8.94. The topological polar surface area (TPSA) is 32.3 Å². The van der Waals surface area contributed by atoms with Crippen LogP contribution < -0.4 is 4.90 Å². The molecule has 0 bridgehead atoms. The smallest absolute Gasteiger partial charge is 0.355 e. The van der Waals surface area contributed by atoms with Crippen LogP contribution in [-0.2, 0) is 12.4 Å². The highest BCUT2D eigenvalue weighted by Crippen LogP contribution is 2.44. The molecule has 0 amide bonds. The molecule has 35 heavy (non-hydrogen) atoms. The first-order valence-corrected chi connectivity index (χ1v) is 12.2. The Kier molecular flexibility index (Phi) is 6.22. The number of hydrogen-bond acceptors (Lipinski definition) is 4. The fraction of sp³-hybridized carbons (Fsp3) is 0.600. The number of benzene rings is 1. The normalized spacial score (nSPS) is 21.8. The molecule has 2 saturated heterocycles. The third kappa shape index (κ3) is 5.13. The summed E-state index contributed by atoms with van der Waals surface area (Å²) in [7, 11) is 0. The number of hydrogen-bond donors (Lipinski definition) is 0. The van der Waals surface area contributed by atoms with E-state index in [-0.39, 0.29) is 17.3 Å². The lowest BCUT2D eigenvalue weighted by Gasteiger charge is -2.50. The fourth-order valence-electron chi connectivity index (χ4n) is 5.58. The SMILES string of the molecule is FC(F)(F)c1cc(-c2ccc(N3CCC4(CC3)CCN(C3CCC3)CC4)nn2)cc(C(F)(F)F)c1. The molecule has 1 aliphatic carbocycles. The van der Waals surface area contributed by atoms with Gasteiger partial charge in [0.2, 0.25) is 0 Å². The molecule has 5 rings (SSSR count). The second-order valence-electron chi connectivity index (χ2n) is 10.2. The van der Waals surface area contributed by atoms with Crippen LogP contribution in [0.25, 0.3) is 11.3 Å². The molecule has 2 aliphatic heterocycles. The van der Waals surface area contributed by atoms with Gasteiger partial charge in [-0.15, -0.1) is 10.2 Å². The first-order chi connectivity index (χ1) is 16.5. The highest BCUT2D eigenvalue weighted by atomic mass is 19.4. The Morgan fingerprint density at radius 2 is 1.31 bits per heavy atom. The minimum atomic E-state index is -4.90. The van der Waals surface area contributed by atoms with Gasteiger partial charge in [-0.25, -0.2) is 0 Å². The summed E-state index contributed by atoms with van der Waals surface area (Å²) in [6.45, 7) is 3.96. The minimum absolute atomic E-state index is 0.0257. The Balaban J connectivity index is 1.26. The third-order valence-corrected chi connectivity index (χ3v) is 8.13. The number of piperidine rings is 2. The lowest BCUT2D eigenvalue weighted by molar-refractivity contribution is -0.143. The average molecular weight is 499 g/mol. The summed E-state index contributed by atoms with van der Waals surface area (Å²) in [5.74, 6) is 0.596. The van der Waals surface area contributed by atoms with Gasteiger partial charge in [-0.05, 0) is 87.4 Å². The van der Waals surface area contributed by atoms with Crippen LogP contribution in [0, 0.1) is 5.41 Å². The van der Waals surface area contributed by atoms with Gasteiger partial charge in [0.25, 0.3) is 0 Å². The summed E-state index contributed by atoms with van der Waals surface area (Å²) in [6, 6.07) is 5.34. The first-order valence-electron chi connectivity index (χ1n) is 12.2. The maximum atomic E-state index is 13.2. The van der Waals surface area contributed by atoms with Gasteiger partial charge < -0.3 is 9.80 Å². The van der Waals surface area contributed by atoms with Gasteiger partial charge in [-0.3, -0.25) is 0 Å². The van der Waals surface area contributed by atoms with Crippen molar-refractivity contribution in [1.29, 1.82) is 0 Å². The van der Waals surface area contributed by atoms with E-state index in [1.54, 1.807) is 6.07 Å². The van der Waals surface area contributed by atoms with Crippen LogP contribution in [0.15, 0.2) is 30.3 Å². The fourth-order valence-corrected chi connectivity index (χ4v) is 5.58. The Morgan fingerprint density at radius 3 is 1.77 bits per heavy atom. The Morgan fingerprint density at radius 1 is 0.743 bits per heavy atom. The highest BCUT2D eigenvalue weighted by molar-refractivity contribution is 5.62. The summed E-state index contributed by atoms with van der Waals surface area (Å²) in [4.78, 5) is 4.75. The largest absolute Gasteiger partial charge is 0.416 e. The highest BCUT2D eigenvalue weighted by Gasteiger charge is 2.40. The molecule has 3 aliphatic rings. The van der Waals surface area contributed by atoms with Crippen molar-refractivity contribution < 1.29 is 26.3 Å². The zero-order valence-corrected chi connectivity index (χ0v) is 19.3. The summed E-state index contributed by atoms with van der Waals surface area (Å²) >= 11 is 0. The van der Waals surface area contributed by atoms with E-state index in [1.807, 2.05) is 0 Å². The van der Waals surface area contributed by atoms with E-state index in [9.17, 15) is 26.3 Å². The predicted molar refractivity (Wildman–Crippen MR) is 120 cm³/mol. The van der Waals surface area contributed by atoms with Crippen LogP contribution in [0.2, 0.25) is 0 Å². The third-order valence-electron chi connectivity index (χ3n) is 8.13. The minimum Gasteiger partial charge on any atom is -0.355 e. The molecule has 0 atom stereocenters. The molecule has 1 saturated carbocycles. The van der Waals surface area contributed by atoms with Gasteiger partial charge in [0.1, 0.15) is 0 Å². The monoisotopic (exact) mass is 498 g/mol. The van der Waals surface area contributed by atoms with Crippen molar-refractivity contribution in [3.63, 3.8) is 0 Å². The molecule has 0 unspecified atom stereocenters. The van der Waals surface area contributed by atoms with Crippen LogP contribution in [0.4, 0.5) is 32.2 Å². The van der Waals surface area contributed by atoms with Crippen molar-refractivity contribution in [2.45, 2.75) is 63.3 Å². The Labute approximate surface area is 200 Å². The molecule has 190 valence electrons. The van der Waals surface area contributed by atoms with Gasteiger partial charge >= 0.3 is 12.4 Å². The molecule has 1 spiro atoms. The van der Waals surface area contributed by atoms with Gasteiger partial charge in [0.15, 0.2) is 5.82 Å². The molecule has 3 fully saturated rings. The van der Waals surface area contributed by atoms with Crippen LogP contribution in [0.5, 0.6) is 0 Å². The number of alkyl halides is 6. The number of halogens is 6. The molecule has 1 aromatic carbocycles. The maximum Gasteiger partial charge on any atom is 0.416 e. The van der Waals surface area contributed by atoms with Crippen LogP contribution in [0.3, 0.4) is 0 Å². The van der Waals surface area contributed by atoms with Crippen molar-refractivity contribution in [2.24, 2.45) is 5.41 Å². The molecular formula is C25H28F6N4. The molecule has 2 aromatic rings. The molecule has 4 nitrogen and oxygen atoms in total. The molecular weight excluding hydrogens is 470 g/mol. The zero-order chi connectivity index (χ0) is 24.8. The van der Waals surface area contributed by atoms with Gasteiger partial charge in [-0.1, -0.05) is 6.42 Å². The summed E-state index contributed by atoms with van der Waals surface area (Å²) < 4.78 is 79.1. The Hall–Kier alpha value is -2.36. The van der Waals surface area contributed by atoms with E-state index in [1.165, 1.54) is 38.2 Å². The zero-order valence-electron chi connectivity index (χ0n) is 19.3. The van der Waals surface area contributed by atoms with Crippen LogP contribution in [-0.4, -0.2) is 47.3 Å². The molecule has 0 radical (unpaired) electrons. The standard InChI is InChI=1S/C25H28F6N4/c26-24(27,28)18-14-17(15-19(16-18)25(29,30)31)21-4-5-22(33-32-21)35-12-8-23(9-13-35)6-10-34(11-7-23)20-2-1-3-20/h4-5,14-16,20H,1-3,6-13H2. The molecule has 1 aromatic heterocycles. The van der Waals surface area contributed by atoms with E-state index in [4.69, 9.17) is 0 Å². The first kappa shape index (κ1) is 24.3. The van der Waals surface area contributed by atoms with E-state index >= 15 is 0 Å². The van der Waals surface area contributed by atoms with Crippen LogP contribution in [0.1, 0.15) is 56.1 Å². The number of likely N-dealkylation sites (tertiary alicyclic amines) is 1. The van der Waals surface area contributed by atoms with Crippen molar-refractivity contribution >= 4 is 5.82 Å². The quantitative estimate of drug-likeness (QED) is 0.458. The van der Waals surface area contributed by atoms with Crippen molar-refractivity contribution in [3.05, 3.63) is 41.5 Å². The van der Waals surface area contributed by atoms with Gasteiger partial charge in [-0.2, -0.15) is 26.3 Å². The second-order valence-corrected chi connectivity index (χ2v) is 10.2. The van der Waals surface area contributed by atoms with Crippen LogP contribution >= 0.6 is 0 Å². The average Bonchev–Trinajstić information content (AvgIpc) is 2.79. The summed E-state index contributed by atoms with van der Waals surface area (Å²) in [6.07, 6.45) is -1.28. The van der Waals surface area contributed by atoms with E-state index in [0.717, 1.165) is 45.1 Å². The molecule has 0 N–H and O–H groups in total. The molecule has 3 heterocycles. The van der Waals surface area contributed by atoms with E-state index < -0.39 is 23.5 Å². The van der Waals surface area contributed by atoms with Crippen molar-refractivity contribution in [1.82, 2.24) is 15.1 Å². The Bertz CT molecular complexity index is 995. The van der Waals surface area contributed by atoms with Crippen molar-refractivity contribution in [2.75, 3.05) is 31.1 Å². The lowest BCUT2D eigenvalue weighted by atomic mass is 9.70. The number of anilines is 1. The summed E-state index contributed by atoms with van der Waals surface area (Å²) in [5.41, 5.74) is -2.66. The lowest BCUT2D eigenvalue weighted by Crippen LogP contribution is -2.51. The van der Waals surface area contributed by atoms with Gasteiger partial charge in [0, 0.05) is 24.7 Å². The maximum absolute atomic E-state index is 13.2. The number of nitrogens with zero attached hydrogens (tertiary/aromatic N) is 4. The number of aromatic nitrogens is 2. The number of rotatable bonds is 3.